The maximum Gasteiger partial charge on any atom is 0.298 e. The zero-order valence-corrected chi connectivity index (χ0v) is 8.06. The smallest absolute Gasteiger partial charge is 0.298 e. The number of non-ortho nitro benzene ring substituents is 1. The van der Waals surface area contributed by atoms with E-state index in [0.29, 0.717) is 18.1 Å². The largest absolute Gasteiger partial charge is 0.423 e. The molecule has 0 saturated heterocycles. The van der Waals surface area contributed by atoms with Gasteiger partial charge in [-0.25, -0.2) is 0 Å². The molecule has 0 fully saturated rings. The zero-order valence-electron chi connectivity index (χ0n) is 8.06. The first-order valence-electron chi connectivity index (χ1n) is 4.50. The predicted molar refractivity (Wildman–Crippen MR) is 54.8 cm³/mol. The Balaban J connectivity index is 2.59. The molecule has 0 aliphatic carbocycles. The molecule has 0 spiro atoms. The van der Waals surface area contributed by atoms with E-state index in [1.165, 1.54) is 6.07 Å². The molecule has 2 rings (SSSR count). The highest BCUT2D eigenvalue weighted by Crippen LogP contribution is 2.26. The fourth-order valence-corrected chi connectivity index (χ4v) is 1.31. The maximum atomic E-state index is 10.7. The molecule has 6 nitrogen and oxygen atoms in total. The summed E-state index contributed by atoms with van der Waals surface area (Å²) in [5.41, 5.74) is 0.652. The quantitative estimate of drug-likeness (QED) is 0.616. The number of hydrogen-bond acceptors (Lipinski definition) is 5. The summed E-state index contributed by atoms with van der Waals surface area (Å²) in [6.07, 6.45) is 0. The summed E-state index contributed by atoms with van der Waals surface area (Å²) < 4.78 is 5.27. The first-order chi connectivity index (χ1) is 7.22. The van der Waals surface area contributed by atoms with Crippen molar-refractivity contribution in [3.05, 3.63) is 28.3 Å². The molecule has 0 saturated carbocycles. The van der Waals surface area contributed by atoms with Crippen LogP contribution in [0.15, 0.2) is 22.6 Å². The van der Waals surface area contributed by atoms with Gasteiger partial charge in [0.1, 0.15) is 0 Å². The van der Waals surface area contributed by atoms with Crippen LogP contribution in [-0.2, 0) is 0 Å². The Morgan fingerprint density at radius 1 is 1.60 bits per heavy atom. The molecule has 0 bridgehead atoms. The second kappa shape index (κ2) is 3.56. The minimum atomic E-state index is -0.472. The molecule has 0 amide bonds. The van der Waals surface area contributed by atoms with Crippen LogP contribution in [0.5, 0.6) is 0 Å². The topological polar surface area (TPSA) is 81.2 Å². The molecule has 1 heterocycles. The van der Waals surface area contributed by atoms with Crippen LogP contribution in [0.2, 0.25) is 0 Å². The van der Waals surface area contributed by atoms with Crippen LogP contribution in [0, 0.1) is 10.1 Å². The summed E-state index contributed by atoms with van der Waals surface area (Å²) in [5, 5.41) is 13.5. The van der Waals surface area contributed by atoms with Gasteiger partial charge in [-0.1, -0.05) is 6.07 Å². The average Bonchev–Trinajstić information content (AvgIpc) is 2.59. The van der Waals surface area contributed by atoms with Crippen LogP contribution in [0.4, 0.5) is 11.7 Å². The minimum Gasteiger partial charge on any atom is -0.423 e. The van der Waals surface area contributed by atoms with E-state index >= 15 is 0 Å². The van der Waals surface area contributed by atoms with Gasteiger partial charge < -0.3 is 9.73 Å². The Labute approximate surface area is 85.1 Å². The lowest BCUT2D eigenvalue weighted by molar-refractivity contribution is -0.383. The molecule has 0 aliphatic heterocycles. The summed E-state index contributed by atoms with van der Waals surface area (Å²) in [6, 6.07) is 4.93. The Morgan fingerprint density at radius 3 is 3.07 bits per heavy atom. The van der Waals surface area contributed by atoms with Crippen molar-refractivity contribution in [2.75, 3.05) is 11.9 Å². The zero-order chi connectivity index (χ0) is 10.8. The molecule has 0 radical (unpaired) electrons. The lowest BCUT2D eigenvalue weighted by Crippen LogP contribution is -1.95. The number of nitrogens with zero attached hydrogens (tertiary/aromatic N) is 2. The number of nitro groups is 1. The summed E-state index contributed by atoms with van der Waals surface area (Å²) >= 11 is 0. The highest BCUT2D eigenvalue weighted by atomic mass is 16.6. The monoisotopic (exact) mass is 207 g/mol. The Morgan fingerprint density at radius 2 is 2.40 bits per heavy atom. The van der Waals surface area contributed by atoms with Crippen molar-refractivity contribution in [2.45, 2.75) is 6.92 Å². The fourth-order valence-electron chi connectivity index (χ4n) is 1.31. The summed E-state index contributed by atoms with van der Waals surface area (Å²) in [5.74, 6) is 0. The molecule has 0 aliphatic rings. The number of aromatic nitrogens is 1. The van der Waals surface area contributed by atoms with E-state index in [4.69, 9.17) is 4.42 Å². The van der Waals surface area contributed by atoms with Crippen LogP contribution >= 0.6 is 0 Å². The molecule has 2 aromatic rings. The number of benzene rings is 1. The summed E-state index contributed by atoms with van der Waals surface area (Å²) in [4.78, 5) is 14.2. The first kappa shape index (κ1) is 9.45. The number of hydrogen-bond donors (Lipinski definition) is 1. The van der Waals surface area contributed by atoms with Crippen molar-refractivity contribution in [1.29, 1.82) is 0 Å². The van der Waals surface area contributed by atoms with Crippen LogP contribution in [0.3, 0.4) is 0 Å². The highest BCUT2D eigenvalue weighted by Gasteiger charge is 2.16. The third-order valence-corrected chi connectivity index (χ3v) is 1.92. The SMILES string of the molecule is CCNc1nc2c([N+](=O)[O-])cccc2o1. The van der Waals surface area contributed by atoms with Crippen molar-refractivity contribution in [3.63, 3.8) is 0 Å². The van der Waals surface area contributed by atoms with E-state index in [2.05, 4.69) is 10.3 Å². The lowest BCUT2D eigenvalue weighted by atomic mass is 10.3. The van der Waals surface area contributed by atoms with Gasteiger partial charge in [0.05, 0.1) is 4.92 Å². The molecular formula is C9H9N3O3. The van der Waals surface area contributed by atoms with E-state index in [-0.39, 0.29) is 11.2 Å². The van der Waals surface area contributed by atoms with Gasteiger partial charge in [0, 0.05) is 12.6 Å². The van der Waals surface area contributed by atoms with Gasteiger partial charge in [0.2, 0.25) is 0 Å². The van der Waals surface area contributed by atoms with Crippen molar-refractivity contribution in [3.8, 4) is 0 Å². The lowest BCUT2D eigenvalue weighted by Gasteiger charge is -1.91. The van der Waals surface area contributed by atoms with Crippen LogP contribution in [-0.4, -0.2) is 16.5 Å². The molecule has 1 N–H and O–H groups in total. The molecule has 6 heteroatoms. The van der Waals surface area contributed by atoms with E-state index in [1.54, 1.807) is 12.1 Å². The van der Waals surface area contributed by atoms with Gasteiger partial charge >= 0.3 is 0 Å². The Bertz CT molecular complexity index is 506. The minimum absolute atomic E-state index is 0.0413. The Kier molecular flexibility index (Phi) is 2.24. The van der Waals surface area contributed by atoms with Gasteiger partial charge in [-0.15, -0.1) is 0 Å². The first-order valence-corrected chi connectivity index (χ1v) is 4.50. The molecule has 1 aromatic heterocycles. The number of para-hydroxylation sites is 1. The number of anilines is 1. The number of nitro benzene ring substituents is 1. The third kappa shape index (κ3) is 1.61. The van der Waals surface area contributed by atoms with Crippen LogP contribution in [0.1, 0.15) is 6.92 Å². The number of nitrogens with one attached hydrogen (secondary N) is 1. The van der Waals surface area contributed by atoms with Gasteiger partial charge in [-0.3, -0.25) is 10.1 Å². The van der Waals surface area contributed by atoms with E-state index in [1.807, 2.05) is 6.92 Å². The van der Waals surface area contributed by atoms with Crippen molar-refractivity contribution in [2.24, 2.45) is 0 Å². The van der Waals surface area contributed by atoms with E-state index < -0.39 is 4.92 Å². The van der Waals surface area contributed by atoms with E-state index in [9.17, 15) is 10.1 Å². The van der Waals surface area contributed by atoms with Gasteiger partial charge in [-0.2, -0.15) is 4.98 Å². The average molecular weight is 207 g/mol. The van der Waals surface area contributed by atoms with E-state index in [0.717, 1.165) is 0 Å². The second-order valence-electron chi connectivity index (χ2n) is 2.93. The van der Waals surface area contributed by atoms with Crippen molar-refractivity contribution < 1.29 is 9.34 Å². The molecule has 0 unspecified atom stereocenters. The number of rotatable bonds is 3. The maximum absolute atomic E-state index is 10.7. The van der Waals surface area contributed by atoms with Crippen LogP contribution in [0.25, 0.3) is 11.1 Å². The molecule has 0 atom stereocenters. The summed E-state index contributed by atoms with van der Waals surface area (Å²) in [6.45, 7) is 2.55. The normalized spacial score (nSPS) is 10.5. The highest BCUT2D eigenvalue weighted by molar-refractivity contribution is 5.83. The van der Waals surface area contributed by atoms with Crippen molar-refractivity contribution in [1.82, 2.24) is 4.98 Å². The second-order valence-corrected chi connectivity index (χ2v) is 2.93. The molecule has 1 aromatic carbocycles. The van der Waals surface area contributed by atoms with Gasteiger partial charge in [-0.05, 0) is 13.0 Å². The standard InChI is InChI=1S/C9H9N3O3/c1-2-10-9-11-8-6(12(13)14)4-3-5-7(8)15-9/h3-5H,2H2,1H3,(H,10,11). The summed E-state index contributed by atoms with van der Waals surface area (Å²) in [7, 11) is 0. The molecule has 15 heavy (non-hydrogen) atoms. The van der Waals surface area contributed by atoms with Gasteiger partial charge in [0.15, 0.2) is 11.1 Å². The van der Waals surface area contributed by atoms with Crippen LogP contribution < -0.4 is 5.32 Å². The predicted octanol–water partition coefficient (Wildman–Crippen LogP) is 2.17. The third-order valence-electron chi connectivity index (χ3n) is 1.92. The fraction of sp³-hybridized carbons (Fsp3) is 0.222. The number of oxazole rings is 1. The Hall–Kier alpha value is -2.11. The van der Waals surface area contributed by atoms with Crippen molar-refractivity contribution >= 4 is 22.8 Å². The van der Waals surface area contributed by atoms with Gasteiger partial charge in [0.25, 0.3) is 11.7 Å². The number of fused-ring (bicyclic) bond motifs is 1. The molecule has 78 valence electrons. The molecular weight excluding hydrogens is 198 g/mol.